The monoisotopic (exact) mass is 1220 g/mol. The number of quaternary nitrogens is 1. The molecule has 9 heteroatoms. The summed E-state index contributed by atoms with van der Waals surface area (Å²) >= 11 is 0. The SMILES string of the molecule is CC/C=C\C/C=C\C/C=C\C/C=C\C/C=C\C/C=C\C/C=C\CCCCCC(=O)OC(COC(=O)CCCCCCCCCCCCCCCCCCCCCCCCCCC/C=C\C/C=C\CCCCCCC)COC(OCC[N+](C)(C)C)C(=O)O. The van der Waals surface area contributed by atoms with Crippen LogP contribution < -0.4 is 0 Å². The van der Waals surface area contributed by atoms with E-state index in [-0.39, 0.29) is 32.2 Å². The third-order valence-corrected chi connectivity index (χ3v) is 15.5. The first-order chi connectivity index (χ1) is 42.6. The second kappa shape index (κ2) is 67.9. The minimum atomic E-state index is -1.53. The zero-order chi connectivity index (χ0) is 63.3. The van der Waals surface area contributed by atoms with E-state index in [0.717, 1.165) is 89.9 Å². The van der Waals surface area contributed by atoms with Gasteiger partial charge in [0.2, 0.25) is 0 Å². The van der Waals surface area contributed by atoms with E-state index in [2.05, 4.69) is 123 Å². The molecule has 0 radical (unpaired) electrons. The smallest absolute Gasteiger partial charge is 0.361 e. The van der Waals surface area contributed by atoms with Crippen LogP contribution in [0, 0.1) is 0 Å². The van der Waals surface area contributed by atoms with Crippen LogP contribution in [0.2, 0.25) is 0 Å². The molecule has 0 aliphatic rings. The van der Waals surface area contributed by atoms with Gasteiger partial charge in [-0.1, -0.05) is 303 Å². The molecule has 0 aromatic rings. The van der Waals surface area contributed by atoms with Crippen molar-refractivity contribution < 1.29 is 42.9 Å². The summed E-state index contributed by atoms with van der Waals surface area (Å²) in [5, 5.41) is 9.74. The van der Waals surface area contributed by atoms with Gasteiger partial charge in [-0.05, 0) is 103 Å². The Labute approximate surface area is 536 Å². The summed E-state index contributed by atoms with van der Waals surface area (Å²) in [7, 11) is 5.96. The number of carbonyl (C=O) groups is 3. The average molecular weight is 1220 g/mol. The highest BCUT2D eigenvalue weighted by molar-refractivity contribution is 5.71. The predicted octanol–water partition coefficient (Wildman–Crippen LogP) is 22.6. The lowest BCUT2D eigenvalue weighted by molar-refractivity contribution is -0.870. The van der Waals surface area contributed by atoms with Crippen molar-refractivity contribution in [2.45, 2.75) is 322 Å². The van der Waals surface area contributed by atoms with E-state index in [4.69, 9.17) is 18.9 Å². The van der Waals surface area contributed by atoms with Crippen LogP contribution in [0.25, 0.3) is 0 Å². The Morgan fingerprint density at radius 1 is 0.356 bits per heavy atom. The van der Waals surface area contributed by atoms with Crippen LogP contribution in [0.1, 0.15) is 309 Å². The zero-order valence-electron chi connectivity index (χ0n) is 57.2. The molecule has 0 aliphatic carbocycles. The molecule has 0 aromatic carbocycles. The Bertz CT molecular complexity index is 1800. The van der Waals surface area contributed by atoms with Crippen molar-refractivity contribution in [3.63, 3.8) is 0 Å². The Morgan fingerprint density at radius 2 is 0.655 bits per heavy atom. The first-order valence-corrected chi connectivity index (χ1v) is 36.1. The molecule has 0 bridgehead atoms. The maximum atomic E-state index is 12.9. The van der Waals surface area contributed by atoms with Crippen molar-refractivity contribution in [1.82, 2.24) is 0 Å². The fourth-order valence-corrected chi connectivity index (χ4v) is 10.0. The van der Waals surface area contributed by atoms with E-state index in [1.165, 1.54) is 186 Å². The lowest BCUT2D eigenvalue weighted by Gasteiger charge is -2.25. The minimum Gasteiger partial charge on any atom is -0.477 e. The van der Waals surface area contributed by atoms with Gasteiger partial charge in [-0.25, -0.2) is 4.79 Å². The van der Waals surface area contributed by atoms with Gasteiger partial charge in [-0.3, -0.25) is 9.59 Å². The van der Waals surface area contributed by atoms with E-state index in [0.29, 0.717) is 23.9 Å². The second-order valence-corrected chi connectivity index (χ2v) is 25.2. The standard InChI is InChI=1S/C78H135NO8/c1-6-8-10-12-14-16-18-20-22-24-26-28-30-32-33-34-35-36-37-38-39-40-41-42-43-45-46-48-50-52-54-56-58-60-62-64-66-68-75(80)85-72-74(73-86-78(77(82)83)84-71-70-79(3,4)5)87-76(81)69-67-65-63-61-59-57-55-53-51-49-47-44-31-29-27-25-23-21-19-17-15-13-11-9-7-2/h9,11,15,17-18,20-21,23-24,26-27,29,44,47,51,53,57,59,74,78H,6-8,10,12-14,16,19,22,25,28,30-43,45-46,48-50,52,54-56,58,60-73H2,1-5H3/p+1/b11-9-,17-15-,20-18-,23-21-,26-24-,29-27-,47-44-,53-51-,59-57-. The molecule has 0 fully saturated rings. The number of carbonyl (C=O) groups excluding carboxylic acids is 2. The number of allylic oxidation sites excluding steroid dienone is 18. The van der Waals surface area contributed by atoms with Crippen molar-refractivity contribution >= 4 is 17.9 Å². The van der Waals surface area contributed by atoms with Crippen LogP contribution in [0.4, 0.5) is 0 Å². The van der Waals surface area contributed by atoms with Crippen molar-refractivity contribution in [2.24, 2.45) is 0 Å². The fourth-order valence-electron chi connectivity index (χ4n) is 10.0. The van der Waals surface area contributed by atoms with E-state index in [9.17, 15) is 19.5 Å². The van der Waals surface area contributed by atoms with E-state index >= 15 is 0 Å². The summed E-state index contributed by atoms with van der Waals surface area (Å²) < 4.78 is 22.9. The number of hydrogen-bond acceptors (Lipinski definition) is 7. The van der Waals surface area contributed by atoms with E-state index in [1.807, 2.05) is 21.1 Å². The summed E-state index contributed by atoms with van der Waals surface area (Å²) in [4.78, 5) is 37.6. The molecule has 0 heterocycles. The van der Waals surface area contributed by atoms with Gasteiger partial charge < -0.3 is 28.5 Å². The number of likely N-dealkylation sites (N-methyl/N-ethyl adjacent to an activating group) is 1. The van der Waals surface area contributed by atoms with E-state index < -0.39 is 24.3 Å². The number of carboxylic acid groups (broad SMARTS) is 1. The van der Waals surface area contributed by atoms with Crippen LogP contribution in [0.5, 0.6) is 0 Å². The third-order valence-electron chi connectivity index (χ3n) is 15.5. The summed E-state index contributed by atoms with van der Waals surface area (Å²) in [6.45, 7) is 4.73. The Hall–Kier alpha value is -4.05. The molecule has 0 rings (SSSR count). The molecule has 0 spiro atoms. The topological polar surface area (TPSA) is 108 Å². The molecule has 2 atom stereocenters. The third kappa shape index (κ3) is 69.3. The number of aliphatic carboxylic acids is 1. The van der Waals surface area contributed by atoms with Gasteiger partial charge in [-0.2, -0.15) is 0 Å². The van der Waals surface area contributed by atoms with Crippen LogP contribution in [-0.2, 0) is 33.3 Å². The number of esters is 2. The zero-order valence-corrected chi connectivity index (χ0v) is 57.2. The Balaban J connectivity index is 4.09. The van der Waals surface area contributed by atoms with Gasteiger partial charge in [0, 0.05) is 12.8 Å². The highest BCUT2D eigenvalue weighted by atomic mass is 16.7. The lowest BCUT2D eigenvalue weighted by Crippen LogP contribution is -2.40. The van der Waals surface area contributed by atoms with Crippen molar-refractivity contribution in [3.8, 4) is 0 Å². The molecule has 0 amide bonds. The van der Waals surface area contributed by atoms with Crippen LogP contribution in [-0.4, -0.2) is 87.4 Å². The summed E-state index contributed by atoms with van der Waals surface area (Å²) in [5.41, 5.74) is 0. The lowest BCUT2D eigenvalue weighted by atomic mass is 10.0. The summed E-state index contributed by atoms with van der Waals surface area (Å²) in [6, 6.07) is 0. The van der Waals surface area contributed by atoms with Crippen LogP contribution in [0.15, 0.2) is 109 Å². The van der Waals surface area contributed by atoms with Crippen molar-refractivity contribution in [2.75, 3.05) is 47.5 Å². The average Bonchev–Trinajstić information content (AvgIpc) is 3.59. The molecule has 2 unspecified atom stereocenters. The maximum Gasteiger partial charge on any atom is 0.361 e. The van der Waals surface area contributed by atoms with Crippen LogP contribution in [0.3, 0.4) is 0 Å². The van der Waals surface area contributed by atoms with Crippen molar-refractivity contribution in [1.29, 1.82) is 0 Å². The van der Waals surface area contributed by atoms with Gasteiger partial charge in [-0.15, -0.1) is 0 Å². The minimum absolute atomic E-state index is 0.177. The molecular weight excluding hydrogens is 1080 g/mol. The molecule has 1 N–H and O–H groups in total. The molecule has 500 valence electrons. The molecule has 87 heavy (non-hydrogen) atoms. The fraction of sp³-hybridized carbons (Fsp3) is 0.731. The van der Waals surface area contributed by atoms with Gasteiger partial charge >= 0.3 is 17.9 Å². The molecule has 0 saturated heterocycles. The highest BCUT2D eigenvalue weighted by Gasteiger charge is 2.25. The largest absolute Gasteiger partial charge is 0.477 e. The number of nitrogens with zero attached hydrogens (tertiary/aromatic N) is 1. The van der Waals surface area contributed by atoms with Gasteiger partial charge in [0.05, 0.1) is 34.4 Å². The van der Waals surface area contributed by atoms with Gasteiger partial charge in [0.15, 0.2) is 6.10 Å². The molecule has 9 nitrogen and oxygen atoms in total. The Kier molecular flexibility index (Phi) is 64.7. The summed E-state index contributed by atoms with van der Waals surface area (Å²) in [6.07, 6.45) is 92.2. The number of ether oxygens (including phenoxy) is 4. The summed E-state index contributed by atoms with van der Waals surface area (Å²) in [5.74, 6) is -2.05. The van der Waals surface area contributed by atoms with Crippen LogP contribution >= 0.6 is 0 Å². The normalized spacial score (nSPS) is 13.3. The van der Waals surface area contributed by atoms with Gasteiger partial charge in [0.25, 0.3) is 6.29 Å². The molecule has 0 aliphatic heterocycles. The maximum absolute atomic E-state index is 12.9. The Morgan fingerprint density at radius 3 is 0.989 bits per heavy atom. The van der Waals surface area contributed by atoms with Crippen molar-refractivity contribution in [3.05, 3.63) is 109 Å². The number of unbranched alkanes of at least 4 members (excludes halogenated alkanes) is 33. The molecule has 0 saturated carbocycles. The number of rotatable bonds is 66. The van der Waals surface area contributed by atoms with Gasteiger partial charge in [0.1, 0.15) is 13.2 Å². The quantitative estimate of drug-likeness (QED) is 0.0211. The highest BCUT2D eigenvalue weighted by Crippen LogP contribution is 2.18. The first-order valence-electron chi connectivity index (χ1n) is 36.1. The second-order valence-electron chi connectivity index (χ2n) is 25.2. The molecule has 0 aromatic heterocycles. The number of carboxylic acids is 1. The molecular formula is C78H136NO8+. The first kappa shape index (κ1) is 83.0. The van der Waals surface area contributed by atoms with E-state index in [1.54, 1.807) is 0 Å². The number of hydrogen-bond donors (Lipinski definition) is 1. The predicted molar refractivity (Wildman–Crippen MR) is 373 cm³/mol.